The zero-order chi connectivity index (χ0) is 11.5. The molecule has 0 saturated carbocycles. The van der Waals surface area contributed by atoms with Gasteiger partial charge in [-0.3, -0.25) is 0 Å². The molecule has 0 unspecified atom stereocenters. The van der Waals surface area contributed by atoms with E-state index >= 15 is 0 Å². The molecule has 2 aromatic carbocycles. The topological polar surface area (TPSA) is 18.5 Å². The van der Waals surface area contributed by atoms with Gasteiger partial charge in [-0.1, -0.05) is 30.2 Å². The average molecular weight is 212 g/mol. The summed E-state index contributed by atoms with van der Waals surface area (Å²) >= 11 is 0. The van der Waals surface area contributed by atoms with Crippen molar-refractivity contribution in [2.24, 2.45) is 0 Å². The van der Waals surface area contributed by atoms with Gasteiger partial charge in [-0.2, -0.15) is 0 Å². The second-order valence-corrected chi connectivity index (χ2v) is 3.35. The molecule has 16 heavy (non-hydrogen) atoms. The number of benzene rings is 2. The van der Waals surface area contributed by atoms with E-state index < -0.39 is 0 Å². The summed E-state index contributed by atoms with van der Waals surface area (Å²) in [6, 6.07) is 9.67. The molecule has 0 aliphatic rings. The maximum Gasteiger partial charge on any atom is 0.138 e. The minimum absolute atomic E-state index is 0.665. The highest BCUT2D eigenvalue weighted by atomic mass is 16.5. The highest BCUT2D eigenvalue weighted by Crippen LogP contribution is 2.34. The molecule has 0 bridgehead atoms. The van der Waals surface area contributed by atoms with Crippen LogP contribution in [0.3, 0.4) is 0 Å². The Morgan fingerprint density at radius 2 is 1.62 bits per heavy atom. The van der Waals surface area contributed by atoms with Gasteiger partial charge in [0.15, 0.2) is 0 Å². The van der Waals surface area contributed by atoms with E-state index in [9.17, 15) is 0 Å². The normalized spacial score (nSPS) is 9.81. The number of hydrogen-bond donors (Lipinski definition) is 0. The Kier molecular flexibility index (Phi) is 2.70. The third-order valence-electron chi connectivity index (χ3n) is 2.55. The smallest absolute Gasteiger partial charge is 0.138 e. The van der Waals surface area contributed by atoms with Crippen LogP contribution < -0.4 is 9.47 Å². The molecule has 0 radical (unpaired) electrons. The molecule has 0 amide bonds. The second kappa shape index (κ2) is 4.16. The van der Waals surface area contributed by atoms with Crippen LogP contribution in [0.25, 0.3) is 10.8 Å². The first kappa shape index (κ1) is 10.4. The Morgan fingerprint density at radius 3 is 2.19 bits per heavy atom. The third kappa shape index (κ3) is 1.47. The summed E-state index contributed by atoms with van der Waals surface area (Å²) in [5.41, 5.74) is 0.763. The highest BCUT2D eigenvalue weighted by molar-refractivity contribution is 5.95. The van der Waals surface area contributed by atoms with Crippen molar-refractivity contribution in [3.05, 3.63) is 35.9 Å². The predicted octanol–water partition coefficient (Wildman–Crippen LogP) is 2.84. The third-order valence-corrected chi connectivity index (χ3v) is 2.55. The Morgan fingerprint density at radius 1 is 1.00 bits per heavy atom. The molecule has 0 spiro atoms. The molecular weight excluding hydrogens is 200 g/mol. The van der Waals surface area contributed by atoms with Crippen LogP contribution in [0.4, 0.5) is 0 Å². The van der Waals surface area contributed by atoms with Gasteiger partial charge in [-0.15, -0.1) is 6.42 Å². The van der Waals surface area contributed by atoms with Crippen LogP contribution in [0, 0.1) is 12.3 Å². The Bertz CT molecular complexity index is 565. The maximum atomic E-state index is 5.51. The number of hydrogen-bond acceptors (Lipinski definition) is 2. The Hall–Kier alpha value is -2.14. The summed E-state index contributed by atoms with van der Waals surface area (Å²) in [5, 5.41) is 1.97. The molecule has 0 saturated heterocycles. The van der Waals surface area contributed by atoms with Crippen molar-refractivity contribution >= 4 is 10.8 Å². The Balaban J connectivity index is 2.90. The summed E-state index contributed by atoms with van der Waals surface area (Å²) in [6.45, 7) is 0. The number of methoxy groups -OCH3 is 2. The average Bonchev–Trinajstić information content (AvgIpc) is 2.36. The number of ether oxygens (including phenoxy) is 2. The van der Waals surface area contributed by atoms with Gasteiger partial charge in [-0.05, 0) is 0 Å². The molecule has 0 aromatic heterocycles. The van der Waals surface area contributed by atoms with E-state index in [4.69, 9.17) is 15.9 Å². The number of terminal acetylenes is 1. The first-order chi connectivity index (χ1) is 7.81. The molecule has 80 valence electrons. The molecule has 2 aromatic rings. The highest BCUT2D eigenvalue weighted by Gasteiger charge is 2.10. The van der Waals surface area contributed by atoms with E-state index in [2.05, 4.69) is 5.92 Å². The van der Waals surface area contributed by atoms with E-state index in [0.29, 0.717) is 5.75 Å². The van der Waals surface area contributed by atoms with Crippen molar-refractivity contribution in [3.8, 4) is 23.8 Å². The lowest BCUT2D eigenvalue weighted by atomic mass is 10.0. The quantitative estimate of drug-likeness (QED) is 0.713. The van der Waals surface area contributed by atoms with E-state index in [1.165, 1.54) is 0 Å². The van der Waals surface area contributed by atoms with Crippen molar-refractivity contribution in [1.29, 1.82) is 0 Å². The minimum atomic E-state index is 0.665. The van der Waals surface area contributed by atoms with Crippen molar-refractivity contribution < 1.29 is 9.47 Å². The van der Waals surface area contributed by atoms with Crippen molar-refractivity contribution in [3.63, 3.8) is 0 Å². The van der Waals surface area contributed by atoms with Gasteiger partial charge in [0, 0.05) is 16.8 Å². The molecule has 0 aliphatic carbocycles. The van der Waals surface area contributed by atoms with Gasteiger partial charge in [0.25, 0.3) is 0 Å². The second-order valence-electron chi connectivity index (χ2n) is 3.35. The van der Waals surface area contributed by atoms with Crippen LogP contribution >= 0.6 is 0 Å². The molecule has 2 heteroatoms. The van der Waals surface area contributed by atoms with Crippen LogP contribution in [0.2, 0.25) is 0 Å². The molecule has 0 aliphatic heterocycles. The predicted molar refractivity (Wildman–Crippen MR) is 65.0 cm³/mol. The van der Waals surface area contributed by atoms with Crippen molar-refractivity contribution in [1.82, 2.24) is 0 Å². The van der Waals surface area contributed by atoms with Crippen LogP contribution in [-0.2, 0) is 0 Å². The van der Waals surface area contributed by atoms with E-state index in [1.807, 2.05) is 30.3 Å². The molecule has 0 fully saturated rings. The SMILES string of the molecule is C#Cc1c(OC)cc(OC)c2ccccc12. The van der Waals surface area contributed by atoms with Crippen LogP contribution in [0.5, 0.6) is 11.5 Å². The van der Waals surface area contributed by atoms with Gasteiger partial charge >= 0.3 is 0 Å². The van der Waals surface area contributed by atoms with E-state index in [0.717, 1.165) is 22.1 Å². The molecule has 0 heterocycles. The van der Waals surface area contributed by atoms with Crippen LogP contribution in [0.1, 0.15) is 5.56 Å². The summed E-state index contributed by atoms with van der Waals surface area (Å²) < 4.78 is 10.6. The van der Waals surface area contributed by atoms with Crippen LogP contribution in [0.15, 0.2) is 30.3 Å². The fraction of sp³-hybridized carbons (Fsp3) is 0.143. The van der Waals surface area contributed by atoms with Gasteiger partial charge in [0.1, 0.15) is 11.5 Å². The van der Waals surface area contributed by atoms with E-state index in [-0.39, 0.29) is 0 Å². The first-order valence-electron chi connectivity index (χ1n) is 4.92. The summed E-state index contributed by atoms with van der Waals surface area (Å²) in [5.74, 6) is 4.09. The summed E-state index contributed by atoms with van der Waals surface area (Å²) in [4.78, 5) is 0. The lowest BCUT2D eigenvalue weighted by Gasteiger charge is -2.11. The van der Waals surface area contributed by atoms with Gasteiger partial charge in [0.05, 0.1) is 19.8 Å². The van der Waals surface area contributed by atoms with Crippen molar-refractivity contribution in [2.45, 2.75) is 0 Å². The van der Waals surface area contributed by atoms with Crippen molar-refractivity contribution in [2.75, 3.05) is 14.2 Å². The fourth-order valence-corrected chi connectivity index (χ4v) is 1.80. The summed E-state index contributed by atoms with van der Waals surface area (Å²) in [7, 11) is 3.24. The Labute approximate surface area is 94.8 Å². The largest absolute Gasteiger partial charge is 0.496 e. The minimum Gasteiger partial charge on any atom is -0.496 e. The zero-order valence-electron chi connectivity index (χ0n) is 9.28. The van der Waals surface area contributed by atoms with Gasteiger partial charge < -0.3 is 9.47 Å². The lowest BCUT2D eigenvalue weighted by Crippen LogP contribution is -1.93. The monoisotopic (exact) mass is 212 g/mol. The molecule has 2 nitrogen and oxygen atoms in total. The fourth-order valence-electron chi connectivity index (χ4n) is 1.80. The van der Waals surface area contributed by atoms with Crippen LogP contribution in [-0.4, -0.2) is 14.2 Å². The van der Waals surface area contributed by atoms with Gasteiger partial charge in [-0.25, -0.2) is 0 Å². The lowest BCUT2D eigenvalue weighted by molar-refractivity contribution is 0.397. The molecule has 2 rings (SSSR count). The molecule has 0 atom stereocenters. The zero-order valence-corrected chi connectivity index (χ0v) is 9.28. The number of fused-ring (bicyclic) bond motifs is 1. The summed E-state index contributed by atoms with van der Waals surface area (Å²) in [6.07, 6.45) is 5.51. The number of rotatable bonds is 2. The standard InChI is InChI=1S/C14H12O2/c1-4-10-11-7-5-6-8-12(11)14(16-3)9-13(10)15-2/h1,5-9H,2-3H3. The molecule has 0 N–H and O–H groups in total. The van der Waals surface area contributed by atoms with Gasteiger partial charge in [0.2, 0.25) is 0 Å². The molecular formula is C14H12O2. The first-order valence-corrected chi connectivity index (χ1v) is 4.92. The maximum absolute atomic E-state index is 5.51. The van der Waals surface area contributed by atoms with E-state index in [1.54, 1.807) is 14.2 Å².